The van der Waals surface area contributed by atoms with E-state index < -0.39 is 0 Å². The molecule has 0 fully saturated rings. The first-order valence-electron chi connectivity index (χ1n) is 8.82. The van der Waals surface area contributed by atoms with Crippen LogP contribution in [0.3, 0.4) is 0 Å². The number of fused-ring (bicyclic) bond motifs is 1. The van der Waals surface area contributed by atoms with Gasteiger partial charge in [0.2, 0.25) is 5.78 Å². The third-order valence-corrected chi connectivity index (χ3v) is 4.48. The molecule has 0 radical (unpaired) electrons. The number of ether oxygens (including phenoxy) is 1. The summed E-state index contributed by atoms with van der Waals surface area (Å²) in [7, 11) is 0. The summed E-state index contributed by atoms with van der Waals surface area (Å²) >= 11 is 5.89. The molecule has 0 aliphatic carbocycles. The third-order valence-electron chi connectivity index (χ3n) is 4.23. The van der Waals surface area contributed by atoms with Crippen LogP contribution in [0.25, 0.3) is 17.1 Å². The van der Waals surface area contributed by atoms with Gasteiger partial charge in [0.25, 0.3) is 0 Å². The number of para-hydroxylation sites is 2. The summed E-state index contributed by atoms with van der Waals surface area (Å²) in [6, 6.07) is 22.7. The van der Waals surface area contributed by atoms with E-state index in [0.29, 0.717) is 17.5 Å². The summed E-state index contributed by atoms with van der Waals surface area (Å²) in [4.78, 5) is 19.7. The van der Waals surface area contributed by atoms with Gasteiger partial charge in [0.15, 0.2) is 5.82 Å². The van der Waals surface area contributed by atoms with Crippen LogP contribution in [-0.4, -0.2) is 15.8 Å². The van der Waals surface area contributed by atoms with E-state index in [9.17, 15) is 4.79 Å². The Bertz CT molecular complexity index is 1110. The van der Waals surface area contributed by atoms with Crippen molar-refractivity contribution in [1.29, 1.82) is 0 Å². The number of hydrogen-bond donors (Lipinski definition) is 1. The number of benzene rings is 3. The number of aromatic nitrogens is 2. The van der Waals surface area contributed by atoms with Gasteiger partial charge in [0.05, 0.1) is 11.0 Å². The quantitative estimate of drug-likeness (QED) is 0.341. The first-order chi connectivity index (χ1) is 13.7. The van der Waals surface area contributed by atoms with Crippen molar-refractivity contribution in [2.75, 3.05) is 0 Å². The highest BCUT2D eigenvalue weighted by Crippen LogP contribution is 2.18. The lowest BCUT2D eigenvalue weighted by Crippen LogP contribution is -1.97. The summed E-state index contributed by atoms with van der Waals surface area (Å²) in [5.41, 5.74) is 3.53. The molecule has 0 atom stereocenters. The van der Waals surface area contributed by atoms with Gasteiger partial charge in [0, 0.05) is 5.02 Å². The molecule has 1 heterocycles. The molecule has 0 unspecified atom stereocenters. The summed E-state index contributed by atoms with van der Waals surface area (Å²) in [6.07, 6.45) is 3.26. The van der Waals surface area contributed by atoms with Crippen molar-refractivity contribution in [1.82, 2.24) is 9.97 Å². The van der Waals surface area contributed by atoms with Crippen molar-refractivity contribution in [3.63, 3.8) is 0 Å². The zero-order valence-electron chi connectivity index (χ0n) is 14.9. The fraction of sp³-hybridized carbons (Fsp3) is 0.0435. The van der Waals surface area contributed by atoms with Crippen molar-refractivity contribution in [3.05, 3.63) is 101 Å². The summed E-state index contributed by atoms with van der Waals surface area (Å²) < 4.78 is 5.82. The van der Waals surface area contributed by atoms with E-state index in [0.717, 1.165) is 27.9 Å². The molecule has 0 saturated heterocycles. The SMILES string of the molecule is O=C(/C=C/c1cccc(OCc2ccc(Cl)cc2)c1)c1nc2ccccc2[nH]1. The van der Waals surface area contributed by atoms with Gasteiger partial charge in [0.1, 0.15) is 12.4 Å². The van der Waals surface area contributed by atoms with Gasteiger partial charge in [-0.05, 0) is 53.6 Å². The number of nitrogens with zero attached hydrogens (tertiary/aromatic N) is 1. The highest BCUT2D eigenvalue weighted by atomic mass is 35.5. The maximum atomic E-state index is 12.4. The Labute approximate surface area is 167 Å². The molecular weight excluding hydrogens is 372 g/mol. The lowest BCUT2D eigenvalue weighted by atomic mass is 10.2. The third kappa shape index (κ3) is 4.30. The average Bonchev–Trinajstić information content (AvgIpc) is 3.16. The number of aromatic amines is 1. The van der Waals surface area contributed by atoms with Crippen molar-refractivity contribution in [2.24, 2.45) is 0 Å². The zero-order valence-corrected chi connectivity index (χ0v) is 15.7. The number of imidazole rings is 1. The second-order valence-corrected chi connectivity index (χ2v) is 6.72. The maximum absolute atomic E-state index is 12.4. The Kier molecular flexibility index (Phi) is 5.22. The normalized spacial score (nSPS) is 11.2. The van der Waals surface area contributed by atoms with E-state index >= 15 is 0 Å². The molecule has 0 bridgehead atoms. The molecule has 0 aliphatic heterocycles. The standard InChI is InChI=1S/C23H17ClN2O2/c24-18-11-8-17(9-12-18)15-28-19-5-3-4-16(14-19)10-13-22(27)23-25-20-6-1-2-7-21(20)26-23/h1-14H,15H2,(H,25,26)/b13-10+. The fourth-order valence-electron chi connectivity index (χ4n) is 2.78. The van der Waals surface area contributed by atoms with Gasteiger partial charge in [-0.15, -0.1) is 0 Å². The van der Waals surface area contributed by atoms with Gasteiger partial charge in [-0.3, -0.25) is 4.79 Å². The number of carbonyl (C=O) groups excluding carboxylic acids is 1. The first kappa shape index (κ1) is 18.0. The van der Waals surface area contributed by atoms with Crippen molar-refractivity contribution < 1.29 is 9.53 Å². The topological polar surface area (TPSA) is 55.0 Å². The molecule has 4 nitrogen and oxygen atoms in total. The van der Waals surface area contributed by atoms with Crippen LogP contribution in [0.2, 0.25) is 5.02 Å². The number of carbonyl (C=O) groups is 1. The minimum Gasteiger partial charge on any atom is -0.489 e. The van der Waals surface area contributed by atoms with Crippen LogP contribution >= 0.6 is 11.6 Å². The number of allylic oxidation sites excluding steroid dienone is 1. The maximum Gasteiger partial charge on any atom is 0.221 e. The van der Waals surface area contributed by atoms with E-state index in [1.165, 1.54) is 6.08 Å². The van der Waals surface area contributed by atoms with E-state index in [1.54, 1.807) is 6.08 Å². The van der Waals surface area contributed by atoms with Crippen LogP contribution < -0.4 is 4.74 Å². The Balaban J connectivity index is 1.43. The van der Waals surface area contributed by atoms with E-state index in [-0.39, 0.29) is 5.78 Å². The number of hydrogen-bond acceptors (Lipinski definition) is 3. The predicted octanol–water partition coefficient (Wildman–Crippen LogP) is 5.69. The number of H-pyrrole nitrogens is 1. The molecule has 138 valence electrons. The van der Waals surface area contributed by atoms with Gasteiger partial charge in [-0.2, -0.15) is 0 Å². The molecule has 4 aromatic rings. The van der Waals surface area contributed by atoms with E-state index in [1.807, 2.05) is 72.8 Å². The number of rotatable bonds is 6. The predicted molar refractivity (Wildman–Crippen MR) is 112 cm³/mol. The molecule has 0 saturated carbocycles. The molecule has 4 rings (SSSR count). The average molecular weight is 389 g/mol. The van der Waals surface area contributed by atoms with Gasteiger partial charge in [-0.25, -0.2) is 4.98 Å². The number of ketones is 1. The Morgan fingerprint density at radius 2 is 1.86 bits per heavy atom. The van der Waals surface area contributed by atoms with Crippen LogP contribution in [0.15, 0.2) is 78.9 Å². The molecular formula is C23H17ClN2O2. The molecule has 0 aliphatic rings. The summed E-state index contributed by atoms with van der Waals surface area (Å²) in [6.45, 7) is 0.447. The Hall–Kier alpha value is -3.37. The van der Waals surface area contributed by atoms with Crippen LogP contribution in [0.4, 0.5) is 0 Å². The molecule has 1 aromatic heterocycles. The summed E-state index contributed by atoms with van der Waals surface area (Å²) in [5.74, 6) is 0.879. The van der Waals surface area contributed by atoms with Crippen LogP contribution in [0, 0.1) is 0 Å². The second-order valence-electron chi connectivity index (χ2n) is 6.29. The molecule has 0 spiro atoms. The molecule has 0 amide bonds. The van der Waals surface area contributed by atoms with Crippen molar-refractivity contribution in [3.8, 4) is 5.75 Å². The molecule has 28 heavy (non-hydrogen) atoms. The molecule has 3 aromatic carbocycles. The number of nitrogens with one attached hydrogen (secondary N) is 1. The van der Waals surface area contributed by atoms with Crippen LogP contribution in [-0.2, 0) is 6.61 Å². The Morgan fingerprint density at radius 3 is 2.68 bits per heavy atom. The monoisotopic (exact) mass is 388 g/mol. The lowest BCUT2D eigenvalue weighted by Gasteiger charge is -2.07. The Morgan fingerprint density at radius 1 is 1.04 bits per heavy atom. The fourth-order valence-corrected chi connectivity index (χ4v) is 2.90. The van der Waals surface area contributed by atoms with Gasteiger partial charge in [-0.1, -0.05) is 54.1 Å². The summed E-state index contributed by atoms with van der Waals surface area (Å²) in [5, 5.41) is 0.699. The number of halogens is 1. The molecule has 1 N–H and O–H groups in total. The van der Waals surface area contributed by atoms with Gasteiger partial charge >= 0.3 is 0 Å². The molecule has 5 heteroatoms. The van der Waals surface area contributed by atoms with E-state index in [2.05, 4.69) is 9.97 Å². The minimum atomic E-state index is -0.177. The smallest absolute Gasteiger partial charge is 0.221 e. The van der Waals surface area contributed by atoms with Gasteiger partial charge < -0.3 is 9.72 Å². The van der Waals surface area contributed by atoms with Crippen molar-refractivity contribution in [2.45, 2.75) is 6.61 Å². The lowest BCUT2D eigenvalue weighted by molar-refractivity contribution is 0.103. The second kappa shape index (κ2) is 8.11. The van der Waals surface area contributed by atoms with Crippen LogP contribution in [0.5, 0.6) is 5.75 Å². The zero-order chi connectivity index (χ0) is 19.3. The minimum absolute atomic E-state index is 0.177. The highest BCUT2D eigenvalue weighted by molar-refractivity contribution is 6.30. The van der Waals surface area contributed by atoms with Crippen LogP contribution in [0.1, 0.15) is 21.7 Å². The largest absolute Gasteiger partial charge is 0.489 e. The highest BCUT2D eigenvalue weighted by Gasteiger charge is 2.08. The first-order valence-corrected chi connectivity index (χ1v) is 9.20. The van der Waals surface area contributed by atoms with E-state index in [4.69, 9.17) is 16.3 Å². The van der Waals surface area contributed by atoms with Crippen molar-refractivity contribution >= 4 is 34.5 Å².